The van der Waals surface area contributed by atoms with Gasteiger partial charge in [0.25, 0.3) is 5.56 Å². The Morgan fingerprint density at radius 3 is 2.61 bits per heavy atom. The molecule has 3 aromatic rings. The highest BCUT2D eigenvalue weighted by atomic mass is 35.5. The van der Waals surface area contributed by atoms with Crippen molar-refractivity contribution in [2.24, 2.45) is 0 Å². The molecule has 2 aromatic heterocycles. The third-order valence-electron chi connectivity index (χ3n) is 3.72. The minimum atomic E-state index is -1.08. The van der Waals surface area contributed by atoms with E-state index in [1.165, 1.54) is 24.6 Å². The molecular weight excluding hydrogens is 336 g/mol. The average molecular weight is 349 g/mol. The second-order valence-electron chi connectivity index (χ2n) is 5.19. The number of carboxylic acid groups (broad SMARTS) is 1. The van der Waals surface area contributed by atoms with Crippen LogP contribution in [0.2, 0.25) is 5.02 Å². The van der Waals surface area contributed by atoms with E-state index in [0.717, 1.165) is 20.6 Å². The summed E-state index contributed by atoms with van der Waals surface area (Å²) in [5, 5.41) is 10.2. The summed E-state index contributed by atoms with van der Waals surface area (Å²) >= 11 is 7.34. The molecule has 118 valence electrons. The smallest absolute Gasteiger partial charge is 0.326 e. The SMILES string of the molecule is Cc1sc2ncn(C(C)C(=O)O)c(=O)c2c1-c1ccc(Cl)cc1. The van der Waals surface area contributed by atoms with Crippen molar-refractivity contribution >= 4 is 39.1 Å². The molecular formula is C16H13ClN2O3S. The molecule has 0 aliphatic rings. The minimum absolute atomic E-state index is 0.348. The molecule has 0 amide bonds. The lowest BCUT2D eigenvalue weighted by Crippen LogP contribution is -2.28. The average Bonchev–Trinajstić information content (AvgIpc) is 2.85. The minimum Gasteiger partial charge on any atom is -0.480 e. The lowest BCUT2D eigenvalue weighted by Gasteiger charge is -2.10. The topological polar surface area (TPSA) is 72.2 Å². The summed E-state index contributed by atoms with van der Waals surface area (Å²) in [5.74, 6) is -1.08. The Balaban J connectivity index is 2.32. The maximum Gasteiger partial charge on any atom is 0.326 e. The molecule has 0 bridgehead atoms. The third-order valence-corrected chi connectivity index (χ3v) is 4.99. The molecule has 1 atom stereocenters. The van der Waals surface area contributed by atoms with E-state index < -0.39 is 12.0 Å². The van der Waals surface area contributed by atoms with Gasteiger partial charge >= 0.3 is 5.97 Å². The van der Waals surface area contributed by atoms with Gasteiger partial charge in [0, 0.05) is 15.5 Å². The van der Waals surface area contributed by atoms with E-state index in [4.69, 9.17) is 16.7 Å². The quantitative estimate of drug-likeness (QED) is 0.782. The van der Waals surface area contributed by atoms with Crippen LogP contribution in [0.25, 0.3) is 21.3 Å². The zero-order valence-corrected chi connectivity index (χ0v) is 14.0. The molecule has 1 unspecified atom stereocenters. The van der Waals surface area contributed by atoms with Crippen LogP contribution in [0, 0.1) is 6.92 Å². The van der Waals surface area contributed by atoms with Crippen molar-refractivity contribution in [1.82, 2.24) is 9.55 Å². The molecule has 1 N–H and O–H groups in total. The van der Waals surface area contributed by atoms with Crippen LogP contribution in [0.15, 0.2) is 35.4 Å². The van der Waals surface area contributed by atoms with E-state index >= 15 is 0 Å². The molecule has 23 heavy (non-hydrogen) atoms. The number of carboxylic acids is 1. The summed E-state index contributed by atoms with van der Waals surface area (Å²) < 4.78 is 1.15. The number of benzene rings is 1. The normalized spacial score (nSPS) is 12.5. The lowest BCUT2D eigenvalue weighted by molar-refractivity contribution is -0.140. The Kier molecular flexibility index (Phi) is 3.95. The number of thiophene rings is 1. The van der Waals surface area contributed by atoms with Crippen molar-refractivity contribution in [3.8, 4) is 11.1 Å². The fourth-order valence-corrected chi connectivity index (χ4v) is 3.60. The fraction of sp³-hybridized carbons (Fsp3) is 0.188. The number of rotatable bonds is 3. The van der Waals surface area contributed by atoms with Crippen molar-refractivity contribution in [3.63, 3.8) is 0 Å². The Bertz CT molecular complexity index is 960. The van der Waals surface area contributed by atoms with Crippen molar-refractivity contribution in [3.05, 3.63) is 50.8 Å². The number of aryl methyl sites for hydroxylation is 1. The molecule has 7 heteroatoms. The highest BCUT2D eigenvalue weighted by Crippen LogP contribution is 2.35. The van der Waals surface area contributed by atoms with Crippen LogP contribution in [-0.4, -0.2) is 20.6 Å². The van der Waals surface area contributed by atoms with Gasteiger partial charge in [0.05, 0.1) is 11.7 Å². The van der Waals surface area contributed by atoms with E-state index in [1.807, 2.05) is 19.1 Å². The summed E-state index contributed by atoms with van der Waals surface area (Å²) in [6.07, 6.45) is 1.30. The zero-order valence-electron chi connectivity index (χ0n) is 12.4. The maximum atomic E-state index is 12.8. The molecule has 5 nitrogen and oxygen atoms in total. The molecule has 0 saturated carbocycles. The second-order valence-corrected chi connectivity index (χ2v) is 6.83. The highest BCUT2D eigenvalue weighted by molar-refractivity contribution is 7.19. The first kappa shape index (κ1) is 15.7. The van der Waals surface area contributed by atoms with Crippen molar-refractivity contribution < 1.29 is 9.90 Å². The van der Waals surface area contributed by atoms with E-state index in [-0.39, 0.29) is 5.56 Å². The molecule has 0 fully saturated rings. The first-order valence-corrected chi connectivity index (χ1v) is 8.08. The van der Waals surface area contributed by atoms with E-state index in [9.17, 15) is 9.59 Å². The molecule has 0 aliphatic heterocycles. The van der Waals surface area contributed by atoms with Gasteiger partial charge in [0.15, 0.2) is 0 Å². The van der Waals surface area contributed by atoms with Gasteiger partial charge in [-0.15, -0.1) is 11.3 Å². The van der Waals surface area contributed by atoms with Crippen LogP contribution < -0.4 is 5.56 Å². The maximum absolute atomic E-state index is 12.8. The van der Waals surface area contributed by atoms with Gasteiger partial charge in [0.2, 0.25) is 0 Å². The Morgan fingerprint density at radius 2 is 2.00 bits per heavy atom. The number of carbonyl (C=O) groups is 1. The summed E-state index contributed by atoms with van der Waals surface area (Å²) in [6.45, 7) is 3.37. The Labute approximate surface area is 140 Å². The van der Waals surface area contributed by atoms with Gasteiger partial charge in [-0.25, -0.2) is 9.78 Å². The van der Waals surface area contributed by atoms with Crippen molar-refractivity contribution in [2.45, 2.75) is 19.9 Å². The molecule has 3 rings (SSSR count). The van der Waals surface area contributed by atoms with E-state index in [1.54, 1.807) is 12.1 Å². The number of hydrogen-bond acceptors (Lipinski definition) is 4. The monoisotopic (exact) mass is 348 g/mol. The van der Waals surface area contributed by atoms with Gasteiger partial charge in [-0.2, -0.15) is 0 Å². The second kappa shape index (κ2) is 5.79. The predicted molar refractivity (Wildman–Crippen MR) is 91.4 cm³/mol. The first-order chi connectivity index (χ1) is 10.9. The van der Waals surface area contributed by atoms with Crippen LogP contribution >= 0.6 is 22.9 Å². The van der Waals surface area contributed by atoms with Crippen molar-refractivity contribution in [2.75, 3.05) is 0 Å². The zero-order chi connectivity index (χ0) is 16.7. The molecule has 0 aliphatic carbocycles. The molecule has 0 saturated heterocycles. The molecule has 2 heterocycles. The number of nitrogens with zero attached hydrogens (tertiary/aromatic N) is 2. The lowest BCUT2D eigenvalue weighted by atomic mass is 10.0. The van der Waals surface area contributed by atoms with Crippen molar-refractivity contribution in [1.29, 1.82) is 0 Å². The third kappa shape index (κ3) is 2.64. The van der Waals surface area contributed by atoms with Crippen LogP contribution in [0.1, 0.15) is 17.8 Å². The van der Waals surface area contributed by atoms with E-state index in [0.29, 0.717) is 15.2 Å². The van der Waals surface area contributed by atoms with E-state index in [2.05, 4.69) is 4.98 Å². The number of halogens is 1. The van der Waals surface area contributed by atoms with Crippen LogP contribution in [0.5, 0.6) is 0 Å². The van der Waals surface area contributed by atoms with Gasteiger partial charge in [-0.05, 0) is 31.5 Å². The predicted octanol–water partition coefficient (Wildman–Crippen LogP) is 3.73. The molecule has 0 spiro atoms. The molecule has 0 radical (unpaired) electrons. The van der Waals surface area contributed by atoms with Gasteiger partial charge in [-0.3, -0.25) is 9.36 Å². The van der Waals surface area contributed by atoms with Crippen LogP contribution in [-0.2, 0) is 4.79 Å². The largest absolute Gasteiger partial charge is 0.480 e. The van der Waals surface area contributed by atoms with Gasteiger partial charge in [-0.1, -0.05) is 23.7 Å². The Hall–Kier alpha value is -2.18. The summed E-state index contributed by atoms with van der Waals surface area (Å²) in [6, 6.07) is 6.23. The number of fused-ring (bicyclic) bond motifs is 1. The summed E-state index contributed by atoms with van der Waals surface area (Å²) in [4.78, 5) is 29.8. The standard InChI is InChI=1S/C16H13ClN2O3S/c1-8(16(21)22)19-7-18-14-13(15(19)20)12(9(2)23-14)10-3-5-11(17)6-4-10/h3-8H,1-2H3,(H,21,22). The number of aromatic nitrogens is 2. The number of hydrogen-bond donors (Lipinski definition) is 1. The van der Waals surface area contributed by atoms with Gasteiger partial charge in [0.1, 0.15) is 10.9 Å². The summed E-state index contributed by atoms with van der Waals surface area (Å²) in [5.41, 5.74) is 1.29. The van der Waals surface area contributed by atoms with Gasteiger partial charge < -0.3 is 5.11 Å². The Morgan fingerprint density at radius 1 is 1.35 bits per heavy atom. The fourth-order valence-electron chi connectivity index (χ4n) is 2.47. The molecule has 1 aromatic carbocycles. The number of aliphatic carboxylic acids is 1. The first-order valence-electron chi connectivity index (χ1n) is 6.89. The van der Waals surface area contributed by atoms with Crippen LogP contribution in [0.3, 0.4) is 0 Å². The van der Waals surface area contributed by atoms with Crippen LogP contribution in [0.4, 0.5) is 0 Å². The summed E-state index contributed by atoms with van der Waals surface area (Å²) in [7, 11) is 0. The highest BCUT2D eigenvalue weighted by Gasteiger charge is 2.21.